The standard InChI is InChI=1S/C17H26N4.C6H12N2O.C5H14N2/c1-14-13-15(18-2)3-4-17(14)21-9-5-16(6-10-21)20-11-7-19-8-12-20;1-2-3-5(4-7)6(8)9;1-3-5(4-6)7-2/h3-4,13,16,19H,2,5-12H2,1H3;4H,2-3,7H2,1H3,(H2,8,9);5,7H,3-4,6H2,1-2H3/b;5-4-;. The van der Waals surface area contributed by atoms with Crippen molar-refractivity contribution < 1.29 is 4.79 Å². The molecule has 0 aromatic heterocycles. The van der Waals surface area contributed by atoms with Crippen molar-refractivity contribution in [2.75, 3.05) is 57.8 Å². The fraction of sp³-hybridized carbons (Fsp3) is 0.643. The maximum Gasteiger partial charge on any atom is 0.246 e. The highest BCUT2D eigenvalue weighted by atomic mass is 16.1. The van der Waals surface area contributed by atoms with Gasteiger partial charge < -0.3 is 32.7 Å². The number of nitrogens with two attached hydrogens (primary N) is 3. The Hall–Kier alpha value is -2.46. The van der Waals surface area contributed by atoms with Crippen molar-refractivity contribution in [2.24, 2.45) is 22.2 Å². The normalized spacial score (nSPS) is 17.6. The molecule has 2 fully saturated rings. The molecule has 1 aromatic carbocycles. The molecule has 9 heteroatoms. The van der Waals surface area contributed by atoms with Crippen LogP contribution in [0.5, 0.6) is 0 Å². The first-order valence-electron chi connectivity index (χ1n) is 13.7. The Morgan fingerprint density at radius 1 is 1.24 bits per heavy atom. The van der Waals surface area contributed by atoms with Crippen LogP contribution in [0, 0.1) is 6.92 Å². The van der Waals surface area contributed by atoms with E-state index in [-0.39, 0.29) is 0 Å². The van der Waals surface area contributed by atoms with Crippen LogP contribution >= 0.6 is 0 Å². The lowest BCUT2D eigenvalue weighted by atomic mass is 10.0. The summed E-state index contributed by atoms with van der Waals surface area (Å²) in [5, 5.41) is 6.52. The molecule has 37 heavy (non-hydrogen) atoms. The maximum absolute atomic E-state index is 10.4. The summed E-state index contributed by atoms with van der Waals surface area (Å²) in [4.78, 5) is 19.6. The minimum Gasteiger partial charge on any atom is -0.404 e. The number of anilines is 1. The van der Waals surface area contributed by atoms with Gasteiger partial charge in [0, 0.05) is 75.4 Å². The Balaban J connectivity index is 0.000000356. The number of carbonyl (C=O) groups is 1. The van der Waals surface area contributed by atoms with E-state index in [0.717, 1.165) is 57.3 Å². The SMILES string of the molecule is C=Nc1ccc(N2CCC(N3CCNCC3)CC2)c(C)c1.CCC(CN)NC.CCC/C(=C/N)C(N)=O. The van der Waals surface area contributed by atoms with E-state index in [1.807, 2.05) is 14.0 Å². The van der Waals surface area contributed by atoms with Crippen LogP contribution in [0.2, 0.25) is 0 Å². The number of nitrogens with zero attached hydrogens (tertiary/aromatic N) is 3. The van der Waals surface area contributed by atoms with Crippen LogP contribution in [0.3, 0.4) is 0 Å². The number of amides is 1. The van der Waals surface area contributed by atoms with Gasteiger partial charge in [0.05, 0.1) is 5.69 Å². The summed E-state index contributed by atoms with van der Waals surface area (Å²) in [6.45, 7) is 17.6. The maximum atomic E-state index is 10.4. The van der Waals surface area contributed by atoms with E-state index >= 15 is 0 Å². The molecular formula is C28H52N8O. The van der Waals surface area contributed by atoms with Crippen molar-refractivity contribution in [2.45, 2.75) is 65.0 Å². The number of carbonyl (C=O) groups excluding carboxylic acids is 1. The molecule has 1 atom stereocenters. The Kier molecular flexibility index (Phi) is 16.5. The highest BCUT2D eigenvalue weighted by molar-refractivity contribution is 5.91. The first kappa shape index (κ1) is 32.6. The number of benzene rings is 1. The van der Waals surface area contributed by atoms with E-state index in [1.54, 1.807) is 0 Å². The summed E-state index contributed by atoms with van der Waals surface area (Å²) >= 11 is 0. The van der Waals surface area contributed by atoms with Crippen molar-refractivity contribution >= 4 is 24.0 Å². The van der Waals surface area contributed by atoms with Gasteiger partial charge in [-0.25, -0.2) is 0 Å². The average molecular weight is 517 g/mol. The van der Waals surface area contributed by atoms with Crippen molar-refractivity contribution in [1.29, 1.82) is 0 Å². The molecule has 0 spiro atoms. The Bertz CT molecular complexity index is 805. The van der Waals surface area contributed by atoms with Crippen LogP contribution in [-0.4, -0.2) is 82.5 Å². The molecule has 0 radical (unpaired) electrons. The third-order valence-electron chi connectivity index (χ3n) is 7.06. The van der Waals surface area contributed by atoms with Crippen LogP contribution in [0.15, 0.2) is 35.0 Å². The number of primary amides is 1. The molecule has 8 N–H and O–H groups in total. The summed E-state index contributed by atoms with van der Waals surface area (Å²) in [7, 11) is 1.93. The lowest BCUT2D eigenvalue weighted by molar-refractivity contribution is -0.114. The molecule has 210 valence electrons. The van der Waals surface area contributed by atoms with Crippen molar-refractivity contribution in [3.8, 4) is 0 Å². The summed E-state index contributed by atoms with van der Waals surface area (Å²) in [5.41, 5.74) is 19.5. The Morgan fingerprint density at radius 2 is 1.89 bits per heavy atom. The van der Waals surface area contributed by atoms with E-state index in [1.165, 1.54) is 43.4 Å². The molecule has 2 saturated heterocycles. The molecule has 2 aliphatic heterocycles. The van der Waals surface area contributed by atoms with E-state index in [2.05, 4.69) is 64.2 Å². The van der Waals surface area contributed by atoms with E-state index in [9.17, 15) is 4.79 Å². The number of aryl methyl sites for hydroxylation is 1. The summed E-state index contributed by atoms with van der Waals surface area (Å²) in [5.74, 6) is -0.417. The number of piperidine rings is 1. The number of rotatable bonds is 9. The summed E-state index contributed by atoms with van der Waals surface area (Å²) in [6.07, 6.45) is 6.51. The summed E-state index contributed by atoms with van der Waals surface area (Å²) < 4.78 is 0. The summed E-state index contributed by atoms with van der Waals surface area (Å²) in [6, 6.07) is 7.69. The quantitative estimate of drug-likeness (QED) is 0.251. The lowest BCUT2D eigenvalue weighted by Gasteiger charge is -2.41. The van der Waals surface area contributed by atoms with Gasteiger partial charge in [-0.15, -0.1) is 0 Å². The topological polar surface area (TPSA) is 138 Å². The fourth-order valence-corrected chi connectivity index (χ4v) is 4.66. The predicted octanol–water partition coefficient (Wildman–Crippen LogP) is 2.26. The van der Waals surface area contributed by atoms with Crippen molar-refractivity contribution in [3.63, 3.8) is 0 Å². The predicted molar refractivity (Wildman–Crippen MR) is 159 cm³/mol. The molecule has 3 rings (SSSR count). The molecule has 0 bridgehead atoms. The van der Waals surface area contributed by atoms with Gasteiger partial charge in [-0.2, -0.15) is 0 Å². The zero-order valence-corrected chi connectivity index (χ0v) is 23.6. The molecule has 1 aromatic rings. The molecule has 1 amide bonds. The van der Waals surface area contributed by atoms with Crippen molar-refractivity contribution in [3.05, 3.63) is 35.5 Å². The second kappa shape index (κ2) is 18.7. The number of hydrogen-bond donors (Lipinski definition) is 5. The fourth-order valence-electron chi connectivity index (χ4n) is 4.66. The second-order valence-electron chi connectivity index (χ2n) is 9.57. The van der Waals surface area contributed by atoms with Crippen LogP contribution < -0.4 is 32.7 Å². The van der Waals surface area contributed by atoms with Crippen LogP contribution in [-0.2, 0) is 4.79 Å². The minimum absolute atomic E-state index is 0.417. The monoisotopic (exact) mass is 516 g/mol. The zero-order chi connectivity index (χ0) is 27.6. The van der Waals surface area contributed by atoms with Gasteiger partial charge in [0.25, 0.3) is 0 Å². The van der Waals surface area contributed by atoms with Gasteiger partial charge in [-0.1, -0.05) is 20.3 Å². The lowest BCUT2D eigenvalue weighted by Crippen LogP contribution is -2.52. The van der Waals surface area contributed by atoms with Crippen LogP contribution in [0.4, 0.5) is 11.4 Å². The number of nitrogens with one attached hydrogen (secondary N) is 2. The molecule has 0 saturated carbocycles. The molecule has 2 aliphatic rings. The minimum atomic E-state index is -0.417. The molecule has 9 nitrogen and oxygen atoms in total. The van der Waals surface area contributed by atoms with E-state index in [0.29, 0.717) is 18.0 Å². The van der Waals surface area contributed by atoms with Gasteiger partial charge in [0.1, 0.15) is 0 Å². The molecule has 1 unspecified atom stereocenters. The van der Waals surface area contributed by atoms with Gasteiger partial charge in [0.15, 0.2) is 0 Å². The number of piperazine rings is 1. The largest absolute Gasteiger partial charge is 0.404 e. The first-order chi connectivity index (χ1) is 17.8. The Morgan fingerprint density at radius 3 is 2.27 bits per heavy atom. The number of hydrogen-bond acceptors (Lipinski definition) is 8. The van der Waals surface area contributed by atoms with E-state index < -0.39 is 5.91 Å². The highest BCUT2D eigenvalue weighted by Crippen LogP contribution is 2.28. The second-order valence-corrected chi connectivity index (χ2v) is 9.57. The zero-order valence-electron chi connectivity index (χ0n) is 23.6. The average Bonchev–Trinajstić information content (AvgIpc) is 2.93. The van der Waals surface area contributed by atoms with E-state index in [4.69, 9.17) is 17.2 Å². The Labute approximate surface area is 224 Å². The smallest absolute Gasteiger partial charge is 0.246 e. The highest BCUT2D eigenvalue weighted by Gasteiger charge is 2.26. The van der Waals surface area contributed by atoms with Crippen LogP contribution in [0.25, 0.3) is 0 Å². The first-order valence-corrected chi connectivity index (χ1v) is 13.7. The number of likely N-dealkylation sites (N-methyl/N-ethyl adjacent to an activating group) is 1. The molecule has 2 heterocycles. The van der Waals surface area contributed by atoms with Gasteiger partial charge in [-0.3, -0.25) is 14.7 Å². The van der Waals surface area contributed by atoms with Gasteiger partial charge in [-0.05, 0) is 70.1 Å². The van der Waals surface area contributed by atoms with Gasteiger partial charge >= 0.3 is 0 Å². The third kappa shape index (κ3) is 11.6. The molecule has 0 aliphatic carbocycles. The van der Waals surface area contributed by atoms with Crippen molar-refractivity contribution in [1.82, 2.24) is 15.5 Å². The third-order valence-corrected chi connectivity index (χ3v) is 7.06. The molecular weight excluding hydrogens is 464 g/mol. The van der Waals surface area contributed by atoms with Gasteiger partial charge in [0.2, 0.25) is 5.91 Å². The van der Waals surface area contributed by atoms with Crippen LogP contribution in [0.1, 0.15) is 51.5 Å². The number of aliphatic imine (C=N–C) groups is 1.